The third-order valence-electron chi connectivity index (χ3n) is 5.38. The van der Waals surface area contributed by atoms with Crippen molar-refractivity contribution in [3.63, 3.8) is 0 Å². The molecule has 0 aliphatic rings. The van der Waals surface area contributed by atoms with Gasteiger partial charge in [-0.25, -0.2) is 0 Å². The molecule has 0 aromatic carbocycles. The van der Waals surface area contributed by atoms with Crippen LogP contribution in [0.25, 0.3) is 0 Å². The highest BCUT2D eigenvalue weighted by Crippen LogP contribution is 2.23. The van der Waals surface area contributed by atoms with E-state index >= 15 is 0 Å². The summed E-state index contributed by atoms with van der Waals surface area (Å²) in [5.41, 5.74) is 0. The van der Waals surface area contributed by atoms with Gasteiger partial charge in [-0.05, 0) is 12.2 Å². The first-order valence-electron chi connectivity index (χ1n) is 11.7. The molecular weight excluding hydrogens is 440 g/mol. The van der Waals surface area contributed by atoms with Crippen LogP contribution in [0.3, 0.4) is 0 Å². The molecule has 0 aromatic rings. The molecule has 3 N–H and O–H groups in total. The molecule has 31 heavy (non-hydrogen) atoms. The second-order valence-electron chi connectivity index (χ2n) is 8.21. The van der Waals surface area contributed by atoms with E-state index in [1.54, 1.807) is 0 Å². The smallest absolute Gasteiger partial charge is 0.326 e. The van der Waals surface area contributed by atoms with E-state index in [4.69, 9.17) is 14.8 Å². The zero-order chi connectivity index (χ0) is 23.5. The summed E-state index contributed by atoms with van der Waals surface area (Å²) in [7, 11) is -4.98. The summed E-state index contributed by atoms with van der Waals surface area (Å²) in [5.74, 6) is -3.06. The molecule has 7 nitrogen and oxygen atoms in total. The van der Waals surface area contributed by atoms with Crippen LogP contribution in [0.15, 0.2) is 0 Å². The number of hydrogen-bond acceptors (Lipinski definition) is 5. The molecule has 0 aromatic heterocycles. The van der Waals surface area contributed by atoms with Gasteiger partial charge < -0.3 is 10.2 Å². The van der Waals surface area contributed by atoms with Crippen molar-refractivity contribution in [3.05, 3.63) is 0 Å². The Morgan fingerprint density at radius 1 is 0.677 bits per heavy atom. The highest BCUT2D eigenvalue weighted by Gasteiger charge is 2.43. The van der Waals surface area contributed by atoms with Gasteiger partial charge >= 0.3 is 11.9 Å². The highest BCUT2D eigenvalue weighted by molar-refractivity contribution is 8.01. The second kappa shape index (κ2) is 18.7. The fourth-order valence-corrected chi connectivity index (χ4v) is 5.96. The predicted molar refractivity (Wildman–Crippen MR) is 126 cm³/mol. The molecule has 0 saturated heterocycles. The topological polar surface area (TPSA) is 129 Å². The number of aliphatic carboxylic acids is 2. The van der Waals surface area contributed by atoms with Gasteiger partial charge in [0, 0.05) is 0 Å². The normalized spacial score (nSPS) is 13.7. The van der Waals surface area contributed by atoms with E-state index in [0.717, 1.165) is 31.0 Å². The van der Waals surface area contributed by atoms with Gasteiger partial charge in [0.15, 0.2) is 0 Å². The van der Waals surface area contributed by atoms with E-state index in [0.29, 0.717) is 12.2 Å². The van der Waals surface area contributed by atoms with Crippen molar-refractivity contribution in [1.82, 2.24) is 0 Å². The lowest BCUT2D eigenvalue weighted by Gasteiger charge is -2.17. The Bertz CT molecular complexity index is 578. The fourth-order valence-electron chi connectivity index (χ4n) is 3.56. The van der Waals surface area contributed by atoms with Crippen LogP contribution in [0.2, 0.25) is 0 Å². The van der Waals surface area contributed by atoms with Gasteiger partial charge in [-0.2, -0.15) is 8.42 Å². The number of rotatable bonds is 22. The number of carboxylic acid groups (broad SMARTS) is 2. The first-order valence-corrected chi connectivity index (χ1v) is 14.3. The van der Waals surface area contributed by atoms with Crippen molar-refractivity contribution in [2.45, 2.75) is 120 Å². The van der Waals surface area contributed by atoms with Crippen LogP contribution in [0.1, 0.15) is 110 Å². The first-order chi connectivity index (χ1) is 14.7. The second-order valence-corrected chi connectivity index (χ2v) is 11.0. The molecule has 0 aliphatic heterocycles. The number of carbonyl (C=O) groups is 2. The first kappa shape index (κ1) is 30.2. The van der Waals surface area contributed by atoms with Gasteiger partial charge in [0.25, 0.3) is 10.1 Å². The van der Waals surface area contributed by atoms with Crippen molar-refractivity contribution >= 4 is 33.8 Å². The zero-order valence-electron chi connectivity index (χ0n) is 19.0. The fraction of sp³-hybridized carbons (Fsp3) is 0.909. The van der Waals surface area contributed by atoms with Gasteiger partial charge in [-0.15, -0.1) is 11.8 Å². The van der Waals surface area contributed by atoms with Gasteiger partial charge in [-0.1, -0.05) is 103 Å². The van der Waals surface area contributed by atoms with Crippen molar-refractivity contribution in [2.24, 2.45) is 0 Å². The van der Waals surface area contributed by atoms with Gasteiger partial charge in [-0.3, -0.25) is 14.1 Å². The largest absolute Gasteiger partial charge is 0.480 e. The molecule has 2 atom stereocenters. The quantitative estimate of drug-likeness (QED) is 0.131. The number of carboxylic acids is 2. The number of hydrogen-bond donors (Lipinski definition) is 3. The minimum Gasteiger partial charge on any atom is -0.480 e. The van der Waals surface area contributed by atoms with Crippen LogP contribution in [-0.2, 0) is 19.7 Å². The average molecular weight is 483 g/mol. The Kier molecular flexibility index (Phi) is 18.3. The van der Waals surface area contributed by atoms with E-state index in [1.807, 2.05) is 0 Å². The van der Waals surface area contributed by atoms with Crippen LogP contribution in [0.4, 0.5) is 0 Å². The summed E-state index contributed by atoms with van der Waals surface area (Å²) in [6.45, 7) is 2.24. The molecule has 0 aliphatic carbocycles. The zero-order valence-corrected chi connectivity index (χ0v) is 20.6. The standard InChI is InChI=1S/C22H42O7S2/c1-2-3-4-5-6-7-8-9-10-11-12-13-14-15-16-17-18-30-19(21(23)24)20(22(25)26)31(27,28)29/h19-20H,2-18H2,1H3,(H,23,24)(H,25,26)(H,27,28,29). The van der Waals surface area contributed by atoms with E-state index < -0.39 is 32.6 Å². The molecular formula is C22H42O7S2. The average Bonchev–Trinajstić information content (AvgIpc) is 2.67. The van der Waals surface area contributed by atoms with Crippen LogP contribution < -0.4 is 0 Å². The Labute approximate surface area is 192 Å². The molecule has 184 valence electrons. The maximum Gasteiger partial charge on any atom is 0.326 e. The lowest BCUT2D eigenvalue weighted by molar-refractivity contribution is -0.142. The van der Waals surface area contributed by atoms with Crippen molar-refractivity contribution < 1.29 is 32.8 Å². The molecule has 2 unspecified atom stereocenters. The van der Waals surface area contributed by atoms with E-state index in [-0.39, 0.29) is 0 Å². The monoisotopic (exact) mass is 482 g/mol. The van der Waals surface area contributed by atoms with Crippen molar-refractivity contribution in [3.8, 4) is 0 Å². The number of thioether (sulfide) groups is 1. The minimum absolute atomic E-state index is 0.342. The predicted octanol–water partition coefficient (Wildman–Crippen LogP) is 5.78. The third-order valence-corrected chi connectivity index (χ3v) is 8.02. The Hall–Kier alpha value is -0.800. The Balaban J connectivity index is 3.68. The summed E-state index contributed by atoms with van der Waals surface area (Å²) in [5, 5.41) is 14.0. The minimum atomic E-state index is -4.98. The third kappa shape index (κ3) is 16.5. The number of unbranched alkanes of at least 4 members (excludes halogenated alkanes) is 15. The van der Waals surface area contributed by atoms with E-state index in [2.05, 4.69) is 6.92 Å². The van der Waals surface area contributed by atoms with Crippen molar-refractivity contribution in [2.75, 3.05) is 5.75 Å². The molecule has 0 bridgehead atoms. The maximum atomic E-state index is 11.2. The van der Waals surface area contributed by atoms with Crippen molar-refractivity contribution in [1.29, 1.82) is 0 Å². The molecule has 9 heteroatoms. The van der Waals surface area contributed by atoms with E-state index in [9.17, 15) is 18.0 Å². The Morgan fingerprint density at radius 3 is 1.32 bits per heavy atom. The van der Waals surface area contributed by atoms with Crippen LogP contribution >= 0.6 is 11.8 Å². The lowest BCUT2D eigenvalue weighted by atomic mass is 10.0. The SMILES string of the molecule is CCCCCCCCCCCCCCCCCCSC(C(=O)O)C(C(=O)O)S(=O)(=O)O. The summed E-state index contributed by atoms with van der Waals surface area (Å²) in [6.07, 6.45) is 19.6. The highest BCUT2D eigenvalue weighted by atomic mass is 32.2. The molecule has 0 rings (SSSR count). The summed E-state index contributed by atoms with van der Waals surface area (Å²) >= 11 is 0.760. The van der Waals surface area contributed by atoms with E-state index in [1.165, 1.54) is 77.0 Å². The summed E-state index contributed by atoms with van der Waals surface area (Å²) < 4.78 is 31.4. The van der Waals surface area contributed by atoms with Gasteiger partial charge in [0.05, 0.1) is 0 Å². The van der Waals surface area contributed by atoms with Gasteiger partial charge in [0.1, 0.15) is 5.25 Å². The molecule has 0 amide bonds. The van der Waals surface area contributed by atoms with Crippen LogP contribution in [0.5, 0.6) is 0 Å². The molecule has 0 spiro atoms. The lowest BCUT2D eigenvalue weighted by Crippen LogP contribution is -2.43. The summed E-state index contributed by atoms with van der Waals surface area (Å²) in [4.78, 5) is 22.3. The summed E-state index contributed by atoms with van der Waals surface area (Å²) in [6, 6.07) is 0. The molecule has 0 fully saturated rings. The van der Waals surface area contributed by atoms with Gasteiger partial charge in [0.2, 0.25) is 5.25 Å². The van der Waals surface area contributed by atoms with Crippen LogP contribution in [-0.4, -0.2) is 51.4 Å². The maximum absolute atomic E-state index is 11.2. The van der Waals surface area contributed by atoms with Crippen LogP contribution in [0, 0.1) is 0 Å². The Morgan fingerprint density at radius 2 is 1.03 bits per heavy atom. The molecule has 0 heterocycles. The molecule has 0 radical (unpaired) electrons. The molecule has 0 saturated carbocycles.